The van der Waals surface area contributed by atoms with Crippen molar-refractivity contribution in [3.63, 3.8) is 0 Å². The van der Waals surface area contributed by atoms with Gasteiger partial charge in [0.25, 0.3) is 0 Å². The van der Waals surface area contributed by atoms with E-state index >= 15 is 0 Å². The molecule has 1 aromatic rings. The number of thioether (sulfide) groups is 1. The minimum Gasteiger partial charge on any atom is -0.492 e. The first-order valence-corrected chi connectivity index (χ1v) is 11.8. The zero-order chi connectivity index (χ0) is 22.2. The topological polar surface area (TPSA) is 88.1 Å². The molecule has 0 saturated carbocycles. The predicted octanol–water partition coefficient (Wildman–Crippen LogP) is 3.66. The van der Waals surface area contributed by atoms with Crippen LogP contribution in [-0.4, -0.2) is 72.5 Å². The number of carbonyl (C=O) groups excluding carboxylic acids is 1. The summed E-state index contributed by atoms with van der Waals surface area (Å²) in [6, 6.07) is 7.26. The highest BCUT2D eigenvalue weighted by Crippen LogP contribution is 2.15. The fraction of sp³-hybridized carbons (Fsp3) is 0.636. The second kappa shape index (κ2) is 15.8. The van der Waals surface area contributed by atoms with Crippen LogP contribution in [0.25, 0.3) is 0 Å². The second-order valence-electron chi connectivity index (χ2n) is 6.77. The molecule has 0 aliphatic carbocycles. The summed E-state index contributed by atoms with van der Waals surface area (Å²) >= 11 is 1.92. The van der Waals surface area contributed by atoms with Gasteiger partial charge < -0.3 is 24.8 Å². The third-order valence-electron chi connectivity index (χ3n) is 4.30. The van der Waals surface area contributed by atoms with Gasteiger partial charge in [-0.05, 0) is 55.9 Å². The zero-order valence-electron chi connectivity index (χ0n) is 18.4. The van der Waals surface area contributed by atoms with Gasteiger partial charge in [-0.25, -0.2) is 9.59 Å². The van der Waals surface area contributed by atoms with Crippen molar-refractivity contribution in [3.8, 4) is 5.75 Å². The Morgan fingerprint density at radius 1 is 1.13 bits per heavy atom. The van der Waals surface area contributed by atoms with Crippen LogP contribution >= 0.6 is 11.8 Å². The average Bonchev–Trinajstić information content (AvgIpc) is 2.73. The number of hydrogen-bond donors (Lipinski definition) is 2. The fourth-order valence-corrected chi connectivity index (χ4v) is 3.64. The summed E-state index contributed by atoms with van der Waals surface area (Å²) in [6.07, 6.45) is 1.59. The highest BCUT2D eigenvalue weighted by atomic mass is 32.2. The lowest BCUT2D eigenvalue weighted by Gasteiger charge is -2.23. The highest BCUT2D eigenvalue weighted by Gasteiger charge is 2.18. The van der Waals surface area contributed by atoms with E-state index in [0.717, 1.165) is 23.5 Å². The van der Waals surface area contributed by atoms with Crippen molar-refractivity contribution in [1.29, 1.82) is 0 Å². The summed E-state index contributed by atoms with van der Waals surface area (Å²) in [7, 11) is 0. The van der Waals surface area contributed by atoms with Crippen molar-refractivity contribution in [2.45, 2.75) is 46.1 Å². The molecule has 8 heteroatoms. The molecule has 0 aliphatic rings. The molecule has 0 spiro atoms. The number of aliphatic carboxylic acids is 1. The molecule has 30 heavy (non-hydrogen) atoms. The molecular weight excluding hydrogens is 404 g/mol. The molecule has 0 saturated heterocycles. The monoisotopic (exact) mass is 440 g/mol. The molecule has 1 unspecified atom stereocenters. The summed E-state index contributed by atoms with van der Waals surface area (Å²) in [5.74, 6) is 1.93. The summed E-state index contributed by atoms with van der Waals surface area (Å²) in [4.78, 5) is 25.3. The van der Waals surface area contributed by atoms with Crippen LogP contribution in [0.4, 0.5) is 4.79 Å². The predicted molar refractivity (Wildman–Crippen MR) is 122 cm³/mol. The first-order chi connectivity index (χ1) is 14.5. The molecule has 0 heterocycles. The van der Waals surface area contributed by atoms with Gasteiger partial charge >= 0.3 is 12.0 Å². The molecule has 2 N–H and O–H groups in total. The molecule has 0 aromatic heterocycles. The Labute approximate surface area is 184 Å². The number of carboxylic acids is 1. The number of ether oxygens (including phenoxy) is 2. The van der Waals surface area contributed by atoms with E-state index in [1.807, 2.05) is 43.0 Å². The molecule has 0 aliphatic heterocycles. The van der Waals surface area contributed by atoms with Crippen LogP contribution in [0.15, 0.2) is 24.3 Å². The van der Waals surface area contributed by atoms with Crippen molar-refractivity contribution < 1.29 is 24.2 Å². The molecule has 0 radical (unpaired) electrons. The number of amides is 2. The van der Waals surface area contributed by atoms with E-state index in [-0.39, 0.29) is 6.03 Å². The molecule has 2 amide bonds. The maximum absolute atomic E-state index is 12.3. The van der Waals surface area contributed by atoms with E-state index in [1.54, 1.807) is 11.8 Å². The van der Waals surface area contributed by atoms with Gasteiger partial charge in [-0.15, -0.1) is 0 Å². The van der Waals surface area contributed by atoms with Crippen molar-refractivity contribution in [2.24, 2.45) is 0 Å². The van der Waals surface area contributed by atoms with Gasteiger partial charge in [-0.1, -0.05) is 19.1 Å². The highest BCUT2D eigenvalue weighted by molar-refractivity contribution is 7.99. The Hall–Kier alpha value is -1.93. The molecule has 1 atom stereocenters. The standard InChI is InChI=1S/C22H36N2O5S/c1-4-15-30-16-7-12-24(22(27)23-5-2)13-14-29-19-10-8-18(9-11-19)17-20(21(25)26)28-6-3/h8-11,20H,4-7,12-17H2,1-3H3,(H,23,27)(H,25,26). The van der Waals surface area contributed by atoms with Crippen molar-refractivity contribution in [3.05, 3.63) is 29.8 Å². The summed E-state index contributed by atoms with van der Waals surface area (Å²) in [6.45, 7) is 8.43. The van der Waals surface area contributed by atoms with E-state index in [4.69, 9.17) is 9.47 Å². The van der Waals surface area contributed by atoms with Crippen LogP contribution in [-0.2, 0) is 16.0 Å². The molecule has 170 valence electrons. The summed E-state index contributed by atoms with van der Waals surface area (Å²) in [5.41, 5.74) is 0.872. The number of rotatable bonds is 16. The van der Waals surface area contributed by atoms with Crippen LogP contribution < -0.4 is 10.1 Å². The van der Waals surface area contributed by atoms with Gasteiger partial charge in [0.1, 0.15) is 12.4 Å². The summed E-state index contributed by atoms with van der Waals surface area (Å²) < 4.78 is 11.0. The van der Waals surface area contributed by atoms with Gasteiger partial charge in [0.2, 0.25) is 0 Å². The van der Waals surface area contributed by atoms with E-state index in [9.17, 15) is 14.7 Å². The minimum atomic E-state index is -0.962. The number of carboxylic acid groups (broad SMARTS) is 1. The Balaban J connectivity index is 2.48. The minimum absolute atomic E-state index is 0.0624. The molecule has 0 fully saturated rings. The number of nitrogens with one attached hydrogen (secondary N) is 1. The van der Waals surface area contributed by atoms with Gasteiger partial charge in [-0.3, -0.25) is 0 Å². The second-order valence-corrected chi connectivity index (χ2v) is 7.99. The van der Waals surface area contributed by atoms with Crippen LogP contribution in [0.3, 0.4) is 0 Å². The fourth-order valence-electron chi connectivity index (χ4n) is 2.81. The molecular formula is C22H36N2O5S. The van der Waals surface area contributed by atoms with E-state index < -0.39 is 12.1 Å². The molecule has 1 aromatic carbocycles. The first-order valence-electron chi connectivity index (χ1n) is 10.7. The average molecular weight is 441 g/mol. The Bertz CT molecular complexity index is 612. The Morgan fingerprint density at radius 2 is 1.87 bits per heavy atom. The lowest BCUT2D eigenvalue weighted by Crippen LogP contribution is -2.42. The quantitative estimate of drug-likeness (QED) is 0.382. The van der Waals surface area contributed by atoms with Gasteiger partial charge in [0.15, 0.2) is 6.10 Å². The van der Waals surface area contributed by atoms with Gasteiger partial charge in [0, 0.05) is 26.1 Å². The van der Waals surface area contributed by atoms with E-state index in [0.29, 0.717) is 45.0 Å². The zero-order valence-corrected chi connectivity index (χ0v) is 19.2. The third kappa shape index (κ3) is 10.7. The lowest BCUT2D eigenvalue weighted by molar-refractivity contribution is -0.149. The number of hydrogen-bond acceptors (Lipinski definition) is 5. The van der Waals surface area contributed by atoms with Crippen LogP contribution in [0.5, 0.6) is 5.75 Å². The Kier molecular flexibility index (Phi) is 13.8. The largest absolute Gasteiger partial charge is 0.492 e. The van der Waals surface area contributed by atoms with E-state index in [1.165, 1.54) is 6.42 Å². The van der Waals surface area contributed by atoms with Crippen LogP contribution in [0.2, 0.25) is 0 Å². The molecule has 7 nitrogen and oxygen atoms in total. The normalized spacial score (nSPS) is 11.7. The maximum atomic E-state index is 12.3. The third-order valence-corrected chi connectivity index (χ3v) is 5.57. The number of benzene rings is 1. The number of carbonyl (C=O) groups is 2. The van der Waals surface area contributed by atoms with Crippen molar-refractivity contribution >= 4 is 23.8 Å². The maximum Gasteiger partial charge on any atom is 0.333 e. The van der Waals surface area contributed by atoms with Gasteiger partial charge in [-0.2, -0.15) is 11.8 Å². The number of urea groups is 1. The molecule has 1 rings (SSSR count). The van der Waals surface area contributed by atoms with Gasteiger partial charge in [0.05, 0.1) is 6.54 Å². The van der Waals surface area contributed by atoms with Crippen molar-refractivity contribution in [2.75, 3.05) is 44.4 Å². The number of nitrogens with zero attached hydrogens (tertiary/aromatic N) is 1. The summed E-state index contributed by atoms with van der Waals surface area (Å²) in [5, 5.41) is 12.0. The smallest absolute Gasteiger partial charge is 0.333 e. The van der Waals surface area contributed by atoms with Crippen LogP contribution in [0, 0.1) is 0 Å². The van der Waals surface area contributed by atoms with Crippen molar-refractivity contribution in [1.82, 2.24) is 10.2 Å². The van der Waals surface area contributed by atoms with E-state index in [2.05, 4.69) is 12.2 Å². The SMILES string of the molecule is CCCSCCCN(CCOc1ccc(CC(OCC)C(=O)O)cc1)C(=O)NCC. The van der Waals surface area contributed by atoms with Crippen LogP contribution in [0.1, 0.15) is 39.2 Å². The Morgan fingerprint density at radius 3 is 2.47 bits per heavy atom. The first kappa shape index (κ1) is 26.1. The lowest BCUT2D eigenvalue weighted by atomic mass is 10.1. The molecule has 0 bridgehead atoms.